The number of aromatic hydroxyl groups is 1. The number of aromatic nitrogens is 3. The summed E-state index contributed by atoms with van der Waals surface area (Å²) in [5.41, 5.74) is 5.67. The number of hydrogen-bond donors (Lipinski definition) is 6. The lowest BCUT2D eigenvalue weighted by Gasteiger charge is -2.10. The normalized spacial score (nSPS) is 12.3. The predicted molar refractivity (Wildman–Crippen MR) is 144 cm³/mol. The smallest absolute Gasteiger partial charge is 0.296 e. The zero-order chi connectivity index (χ0) is 29.2. The van der Waals surface area contributed by atoms with Gasteiger partial charge in [-0.2, -0.15) is 26.8 Å². The number of azo groups is 1. The number of hydrogen-bond acceptors (Lipinski definition) is 13. The van der Waals surface area contributed by atoms with E-state index >= 15 is 0 Å². The fourth-order valence-electron chi connectivity index (χ4n) is 3.58. The van der Waals surface area contributed by atoms with Gasteiger partial charge in [0, 0.05) is 24.8 Å². The number of anilines is 3. The molecule has 0 fully saturated rings. The Morgan fingerprint density at radius 1 is 0.950 bits per heavy atom. The molecule has 0 aliphatic heterocycles. The molecule has 0 radical (unpaired) electrons. The van der Waals surface area contributed by atoms with Crippen LogP contribution in [0.2, 0.25) is 5.28 Å². The van der Waals surface area contributed by atoms with E-state index in [4.69, 9.17) is 22.4 Å². The molecule has 0 atom stereocenters. The second kappa shape index (κ2) is 11.2. The Kier molecular flexibility index (Phi) is 8.15. The van der Waals surface area contributed by atoms with Crippen molar-refractivity contribution in [3.8, 4) is 5.75 Å². The third-order valence-electron chi connectivity index (χ3n) is 5.34. The number of fused-ring (bicyclic) bond motifs is 1. The third kappa shape index (κ3) is 6.58. The van der Waals surface area contributed by atoms with Crippen molar-refractivity contribution in [3.05, 3.63) is 53.6 Å². The number of benzene rings is 3. The van der Waals surface area contributed by atoms with E-state index in [1.54, 1.807) is 0 Å². The number of aliphatic hydroxyl groups is 1. The van der Waals surface area contributed by atoms with Gasteiger partial charge in [-0.1, -0.05) is 6.07 Å². The second-order valence-electron chi connectivity index (χ2n) is 8.17. The van der Waals surface area contributed by atoms with E-state index in [1.165, 1.54) is 24.3 Å². The average Bonchev–Trinajstić information content (AvgIpc) is 2.86. The number of phenolic OH excluding ortho intramolecular Hbond substituents is 1. The molecule has 0 amide bonds. The minimum Gasteiger partial charge on any atom is -0.507 e. The van der Waals surface area contributed by atoms with Crippen LogP contribution in [0.25, 0.3) is 10.8 Å². The van der Waals surface area contributed by atoms with E-state index < -0.39 is 35.8 Å². The van der Waals surface area contributed by atoms with Gasteiger partial charge in [-0.25, -0.2) is 4.98 Å². The van der Waals surface area contributed by atoms with Gasteiger partial charge >= 0.3 is 0 Å². The van der Waals surface area contributed by atoms with Crippen LogP contribution in [0.1, 0.15) is 12.2 Å². The second-order valence-corrected chi connectivity index (χ2v) is 11.3. The molecular weight excluding hydrogens is 590 g/mol. The van der Waals surface area contributed by atoms with Crippen molar-refractivity contribution in [2.24, 2.45) is 10.2 Å². The van der Waals surface area contributed by atoms with Crippen LogP contribution in [0.3, 0.4) is 0 Å². The van der Waals surface area contributed by atoms with E-state index in [9.17, 15) is 31.0 Å². The predicted octanol–water partition coefficient (Wildman–Crippen LogP) is 3.54. The number of nitrogens with two attached hydrogens (primary N) is 1. The molecular formula is C22H20ClN7O8S2. The molecule has 3 aromatic carbocycles. The first-order chi connectivity index (χ1) is 18.8. The quantitative estimate of drug-likeness (QED) is 0.0902. The molecule has 40 heavy (non-hydrogen) atoms. The number of aryl methyl sites for hydroxylation is 1. The average molecular weight is 610 g/mol. The zero-order valence-electron chi connectivity index (χ0n) is 20.1. The van der Waals surface area contributed by atoms with E-state index in [0.29, 0.717) is 12.8 Å². The van der Waals surface area contributed by atoms with Crippen LogP contribution in [-0.2, 0) is 26.7 Å². The van der Waals surface area contributed by atoms with Gasteiger partial charge in [0.25, 0.3) is 20.2 Å². The molecule has 0 aliphatic carbocycles. The van der Waals surface area contributed by atoms with Crippen molar-refractivity contribution < 1.29 is 36.2 Å². The van der Waals surface area contributed by atoms with Crippen molar-refractivity contribution >= 4 is 71.3 Å². The molecule has 1 heterocycles. The van der Waals surface area contributed by atoms with Crippen molar-refractivity contribution in [2.45, 2.75) is 22.6 Å². The Morgan fingerprint density at radius 3 is 2.38 bits per heavy atom. The Hall–Kier alpha value is -4.00. The van der Waals surface area contributed by atoms with Crippen LogP contribution < -0.4 is 11.1 Å². The number of nitrogens with zero attached hydrogens (tertiary/aromatic N) is 5. The number of halogens is 1. The maximum atomic E-state index is 12.2. The third-order valence-corrected chi connectivity index (χ3v) is 7.22. The molecule has 1 aromatic heterocycles. The van der Waals surface area contributed by atoms with Crippen LogP contribution >= 0.6 is 11.6 Å². The lowest BCUT2D eigenvalue weighted by Crippen LogP contribution is -2.05. The molecule has 0 spiro atoms. The molecule has 4 rings (SSSR count). The number of rotatable bonds is 9. The lowest BCUT2D eigenvalue weighted by atomic mass is 10.1. The highest BCUT2D eigenvalue weighted by Gasteiger charge is 2.19. The molecule has 0 saturated carbocycles. The monoisotopic (exact) mass is 609 g/mol. The highest BCUT2D eigenvalue weighted by molar-refractivity contribution is 7.86. The molecule has 15 nitrogen and oxygen atoms in total. The number of phenols is 1. The minimum atomic E-state index is -4.84. The summed E-state index contributed by atoms with van der Waals surface area (Å²) in [6, 6.07) is 8.23. The van der Waals surface area contributed by atoms with E-state index in [0.717, 1.165) is 18.2 Å². The first-order valence-corrected chi connectivity index (χ1v) is 14.4. The zero-order valence-corrected chi connectivity index (χ0v) is 22.5. The standard InChI is InChI=1S/C22H20ClN7O8S2/c23-21-26-18(2-1-7-31)27-22(28-21)25-12-4-6-15(17(9-12)40(36,37)38)29-30-20-14(24)5-3-11-8-13(39(33,34)35)10-16(32)19(11)20/h3-6,8-10,31-32H,1-2,7,24H2,(H,33,34,35)(H,36,37,38)(H,25,26,27,28). The van der Waals surface area contributed by atoms with Crippen LogP contribution in [0, 0.1) is 0 Å². The van der Waals surface area contributed by atoms with Gasteiger partial charge in [-0.15, -0.1) is 10.2 Å². The van der Waals surface area contributed by atoms with Gasteiger partial charge in [-0.05, 0) is 53.7 Å². The lowest BCUT2D eigenvalue weighted by molar-refractivity contribution is 0.287. The Labute approximate surface area is 231 Å². The summed E-state index contributed by atoms with van der Waals surface area (Å²) in [6.45, 7) is -0.0879. The summed E-state index contributed by atoms with van der Waals surface area (Å²) in [7, 11) is -9.47. The topological polar surface area (TPSA) is 251 Å². The van der Waals surface area contributed by atoms with Crippen LogP contribution in [-0.4, -0.2) is 57.7 Å². The highest BCUT2D eigenvalue weighted by Crippen LogP contribution is 2.41. The molecule has 0 bridgehead atoms. The number of nitrogen functional groups attached to an aromatic ring is 1. The summed E-state index contributed by atoms with van der Waals surface area (Å²) in [4.78, 5) is 10.8. The maximum absolute atomic E-state index is 12.2. The summed E-state index contributed by atoms with van der Waals surface area (Å²) in [5.74, 6) is -0.321. The van der Waals surface area contributed by atoms with Crippen molar-refractivity contribution in [3.63, 3.8) is 0 Å². The summed E-state index contributed by atoms with van der Waals surface area (Å²) >= 11 is 5.92. The number of aliphatic hydroxyl groups excluding tert-OH is 1. The number of nitrogens with one attached hydrogen (secondary N) is 1. The molecule has 18 heteroatoms. The molecule has 7 N–H and O–H groups in total. The van der Waals surface area contributed by atoms with E-state index in [2.05, 4.69) is 30.5 Å². The SMILES string of the molecule is Nc1ccc2cc(S(=O)(=O)O)cc(O)c2c1N=Nc1ccc(Nc2nc(Cl)nc(CCCO)n2)cc1S(=O)(=O)O. The summed E-state index contributed by atoms with van der Waals surface area (Å²) in [6.07, 6.45) is 0.695. The van der Waals surface area contributed by atoms with Crippen molar-refractivity contribution in [2.75, 3.05) is 17.7 Å². The van der Waals surface area contributed by atoms with Gasteiger partial charge in [0.1, 0.15) is 27.8 Å². The van der Waals surface area contributed by atoms with Crippen LogP contribution in [0.15, 0.2) is 62.5 Å². The van der Waals surface area contributed by atoms with Crippen LogP contribution in [0.5, 0.6) is 5.75 Å². The fourth-order valence-corrected chi connectivity index (χ4v) is 4.94. The Morgan fingerprint density at radius 2 is 1.70 bits per heavy atom. The van der Waals surface area contributed by atoms with Gasteiger partial charge in [0.2, 0.25) is 11.2 Å². The van der Waals surface area contributed by atoms with E-state index in [-0.39, 0.29) is 57.2 Å². The minimum absolute atomic E-state index is 0.00145. The first kappa shape index (κ1) is 29.0. The van der Waals surface area contributed by atoms with E-state index in [1.807, 2.05) is 0 Å². The largest absolute Gasteiger partial charge is 0.507 e. The fraction of sp³-hybridized carbons (Fsp3) is 0.136. The molecule has 4 aromatic rings. The van der Waals surface area contributed by atoms with Gasteiger partial charge in [0.15, 0.2) is 0 Å². The molecule has 0 unspecified atom stereocenters. The molecule has 0 saturated heterocycles. The molecule has 0 aliphatic rings. The van der Waals surface area contributed by atoms with Crippen LogP contribution in [0.4, 0.5) is 28.7 Å². The Balaban J connectivity index is 1.74. The van der Waals surface area contributed by atoms with Gasteiger partial charge in [0.05, 0.1) is 16.0 Å². The Bertz CT molecular complexity index is 1870. The highest BCUT2D eigenvalue weighted by atomic mass is 35.5. The van der Waals surface area contributed by atoms with Crippen molar-refractivity contribution in [1.29, 1.82) is 0 Å². The van der Waals surface area contributed by atoms with Crippen molar-refractivity contribution in [1.82, 2.24) is 15.0 Å². The first-order valence-electron chi connectivity index (χ1n) is 11.1. The van der Waals surface area contributed by atoms with Gasteiger partial charge < -0.3 is 21.3 Å². The summed E-state index contributed by atoms with van der Waals surface area (Å²) < 4.78 is 66.5. The van der Waals surface area contributed by atoms with Gasteiger partial charge in [-0.3, -0.25) is 9.11 Å². The summed E-state index contributed by atoms with van der Waals surface area (Å²) in [5, 5.41) is 30.0. The molecule has 210 valence electrons. The maximum Gasteiger partial charge on any atom is 0.296 e.